The van der Waals surface area contributed by atoms with E-state index in [1.54, 1.807) is 23.1 Å². The summed E-state index contributed by atoms with van der Waals surface area (Å²) < 4.78 is 1.71. The fourth-order valence-electron chi connectivity index (χ4n) is 3.46. The van der Waals surface area contributed by atoms with Gasteiger partial charge in [0.1, 0.15) is 11.4 Å². The monoisotopic (exact) mass is 373 g/mol. The van der Waals surface area contributed by atoms with Crippen molar-refractivity contribution < 1.29 is 5.11 Å². The van der Waals surface area contributed by atoms with Gasteiger partial charge in [-0.25, -0.2) is 4.98 Å². The van der Waals surface area contributed by atoms with Gasteiger partial charge in [0.05, 0.1) is 24.0 Å². The average molecular weight is 373 g/mol. The van der Waals surface area contributed by atoms with Gasteiger partial charge in [0.25, 0.3) is 0 Å². The fourth-order valence-corrected chi connectivity index (χ4v) is 3.46. The Hall–Kier alpha value is -3.65. The van der Waals surface area contributed by atoms with Crippen molar-refractivity contribution in [2.45, 2.75) is 6.54 Å². The second-order valence-corrected chi connectivity index (χ2v) is 6.85. The van der Waals surface area contributed by atoms with Crippen LogP contribution in [0.15, 0.2) is 55.0 Å². The van der Waals surface area contributed by atoms with E-state index in [0.717, 1.165) is 22.0 Å². The van der Waals surface area contributed by atoms with E-state index >= 15 is 0 Å². The number of aromatic hydroxyl groups is 1. The van der Waals surface area contributed by atoms with Crippen molar-refractivity contribution in [2.75, 3.05) is 17.5 Å². The highest BCUT2D eigenvalue weighted by atomic mass is 16.3. The minimum atomic E-state index is 0.154. The van der Waals surface area contributed by atoms with E-state index in [4.69, 9.17) is 4.98 Å². The van der Waals surface area contributed by atoms with Crippen LogP contribution in [-0.2, 0) is 13.6 Å². The molecule has 0 saturated heterocycles. The lowest BCUT2D eigenvalue weighted by molar-refractivity contribution is 0.377. The summed E-state index contributed by atoms with van der Waals surface area (Å²) in [5.74, 6) is 0.827. The number of nitrogens with zero attached hydrogens (tertiary/aromatic N) is 6. The smallest absolute Gasteiger partial charge is 0.174 e. The molecule has 0 atom stereocenters. The van der Waals surface area contributed by atoms with Crippen molar-refractivity contribution in [3.05, 3.63) is 60.6 Å². The lowest BCUT2D eigenvalue weighted by Crippen LogP contribution is -2.37. The first-order valence-corrected chi connectivity index (χ1v) is 8.93. The van der Waals surface area contributed by atoms with Crippen molar-refractivity contribution in [1.29, 1.82) is 0 Å². The molecule has 8 heteroatoms. The Bertz CT molecular complexity index is 1190. The third kappa shape index (κ3) is 2.71. The zero-order chi connectivity index (χ0) is 19.3. The number of benzene rings is 1. The summed E-state index contributed by atoms with van der Waals surface area (Å²) in [4.78, 5) is 9.16. The highest BCUT2D eigenvalue weighted by Gasteiger charge is 2.29. The lowest BCUT2D eigenvalue weighted by atomic mass is 10.1. The third-order valence-electron chi connectivity index (χ3n) is 4.86. The Labute approximate surface area is 161 Å². The van der Waals surface area contributed by atoms with Gasteiger partial charge in [-0.3, -0.25) is 20.1 Å². The van der Waals surface area contributed by atoms with Crippen LogP contribution < -0.4 is 10.4 Å². The van der Waals surface area contributed by atoms with Crippen molar-refractivity contribution in [1.82, 2.24) is 24.9 Å². The summed E-state index contributed by atoms with van der Waals surface area (Å²) in [5.41, 5.74) is 7.38. The maximum Gasteiger partial charge on any atom is 0.174 e. The summed E-state index contributed by atoms with van der Waals surface area (Å²) in [7, 11) is 3.75. The summed E-state index contributed by atoms with van der Waals surface area (Å²) >= 11 is 0. The molecule has 5 rings (SSSR count). The minimum absolute atomic E-state index is 0.154. The molecule has 140 valence electrons. The molecule has 0 unspecified atom stereocenters. The first-order chi connectivity index (χ1) is 13.6. The molecule has 2 N–H and O–H groups in total. The molecule has 0 spiro atoms. The molecule has 1 aliphatic rings. The van der Waals surface area contributed by atoms with Crippen LogP contribution >= 0.6 is 0 Å². The number of hydrogen-bond acceptors (Lipinski definition) is 7. The Morgan fingerprint density at radius 2 is 2.04 bits per heavy atom. The number of nitrogens with one attached hydrogen (secondary N) is 1. The van der Waals surface area contributed by atoms with Crippen LogP contribution in [-0.4, -0.2) is 37.0 Å². The van der Waals surface area contributed by atoms with Crippen molar-refractivity contribution in [3.63, 3.8) is 0 Å². The van der Waals surface area contributed by atoms with E-state index < -0.39 is 0 Å². The van der Waals surface area contributed by atoms with Gasteiger partial charge in [-0.1, -0.05) is 12.1 Å². The highest BCUT2D eigenvalue weighted by Crippen LogP contribution is 2.41. The number of fused-ring (bicyclic) bond motifs is 2. The first-order valence-electron chi connectivity index (χ1n) is 8.93. The van der Waals surface area contributed by atoms with Gasteiger partial charge in [-0.15, -0.1) is 5.12 Å². The van der Waals surface area contributed by atoms with Crippen molar-refractivity contribution >= 4 is 22.4 Å². The molecular formula is C20H19N7O. The van der Waals surface area contributed by atoms with E-state index in [-0.39, 0.29) is 5.75 Å². The second-order valence-electron chi connectivity index (χ2n) is 6.85. The van der Waals surface area contributed by atoms with Gasteiger partial charge in [-0.2, -0.15) is 5.10 Å². The number of aromatic nitrogens is 4. The molecule has 1 aromatic carbocycles. The van der Waals surface area contributed by atoms with Crippen LogP contribution in [0.2, 0.25) is 0 Å². The first kappa shape index (κ1) is 16.5. The van der Waals surface area contributed by atoms with Gasteiger partial charge < -0.3 is 5.11 Å². The van der Waals surface area contributed by atoms with E-state index in [1.807, 2.05) is 42.6 Å². The van der Waals surface area contributed by atoms with Crippen molar-refractivity contribution in [2.24, 2.45) is 7.05 Å². The number of hydrazine groups is 2. The Morgan fingerprint density at radius 3 is 2.86 bits per heavy atom. The van der Waals surface area contributed by atoms with E-state index in [1.165, 1.54) is 0 Å². The van der Waals surface area contributed by atoms with Crippen molar-refractivity contribution in [3.8, 4) is 17.0 Å². The SMILES string of the molecule is CN1Nc2c(O)cc(-c3cnn(C)c3)nc2N1Cc1ccc2ncccc2c1. The van der Waals surface area contributed by atoms with Gasteiger partial charge in [0.15, 0.2) is 5.82 Å². The number of hydrogen-bond donors (Lipinski definition) is 2. The summed E-state index contributed by atoms with van der Waals surface area (Å²) in [6, 6.07) is 11.8. The second kappa shape index (κ2) is 6.21. The predicted molar refractivity (Wildman–Crippen MR) is 107 cm³/mol. The normalized spacial score (nSPS) is 13.7. The molecular weight excluding hydrogens is 354 g/mol. The molecule has 4 heterocycles. The molecule has 0 aliphatic carbocycles. The fraction of sp³-hybridized carbons (Fsp3) is 0.150. The largest absolute Gasteiger partial charge is 0.506 e. The zero-order valence-electron chi connectivity index (χ0n) is 15.5. The van der Waals surface area contributed by atoms with E-state index in [2.05, 4.69) is 33.7 Å². The standard InChI is InChI=1S/C20H19N7O/c1-25-12-15(10-22-25)17-9-18(28)19-20(23-17)27(26(2)24-19)11-13-5-6-16-14(8-13)4-3-7-21-16/h3-10,12,24H,11H2,1-2H3,(H,23,28). The molecule has 4 aromatic rings. The van der Waals surface area contributed by atoms with Gasteiger partial charge in [-0.05, 0) is 23.8 Å². The molecule has 0 amide bonds. The molecule has 0 saturated carbocycles. The number of rotatable bonds is 3. The third-order valence-corrected chi connectivity index (χ3v) is 4.86. The van der Waals surface area contributed by atoms with Gasteiger partial charge in [0, 0.05) is 43.5 Å². The van der Waals surface area contributed by atoms with Gasteiger partial charge in [0.2, 0.25) is 0 Å². The molecule has 3 aromatic heterocycles. The van der Waals surface area contributed by atoms with Crippen LogP contribution in [0, 0.1) is 0 Å². The number of pyridine rings is 2. The molecule has 0 radical (unpaired) electrons. The maximum atomic E-state index is 10.5. The maximum absolute atomic E-state index is 10.5. The van der Waals surface area contributed by atoms with Crippen LogP contribution in [0.5, 0.6) is 5.75 Å². The van der Waals surface area contributed by atoms with Crippen LogP contribution in [0.3, 0.4) is 0 Å². The molecule has 1 aliphatic heterocycles. The number of anilines is 2. The Morgan fingerprint density at radius 1 is 1.14 bits per heavy atom. The highest BCUT2D eigenvalue weighted by molar-refractivity contribution is 5.81. The molecule has 0 bridgehead atoms. The Kier molecular flexibility index (Phi) is 3.66. The summed E-state index contributed by atoms with van der Waals surface area (Å²) in [6.07, 6.45) is 5.41. The zero-order valence-corrected chi connectivity index (χ0v) is 15.5. The molecule has 8 nitrogen and oxygen atoms in total. The van der Waals surface area contributed by atoms with Crippen LogP contribution in [0.1, 0.15) is 5.56 Å². The topological polar surface area (TPSA) is 82.3 Å². The molecule has 28 heavy (non-hydrogen) atoms. The average Bonchev–Trinajstić information content (AvgIpc) is 3.26. The van der Waals surface area contributed by atoms with E-state index in [0.29, 0.717) is 23.7 Å². The quantitative estimate of drug-likeness (QED) is 0.571. The summed E-state index contributed by atoms with van der Waals surface area (Å²) in [6.45, 7) is 0.601. The molecule has 0 fully saturated rings. The number of aryl methyl sites for hydroxylation is 1. The minimum Gasteiger partial charge on any atom is -0.506 e. The summed E-state index contributed by atoms with van der Waals surface area (Å²) in [5, 5.41) is 19.6. The van der Waals surface area contributed by atoms with E-state index in [9.17, 15) is 5.11 Å². The Balaban J connectivity index is 1.53. The predicted octanol–water partition coefficient (Wildman–Crippen LogP) is 2.93. The lowest BCUT2D eigenvalue weighted by Gasteiger charge is -2.25. The van der Waals surface area contributed by atoms with Gasteiger partial charge >= 0.3 is 0 Å². The van der Waals surface area contributed by atoms with Crippen LogP contribution in [0.4, 0.5) is 11.5 Å². The van der Waals surface area contributed by atoms with Crippen LogP contribution in [0.25, 0.3) is 22.2 Å².